The van der Waals surface area contributed by atoms with Crippen LogP contribution in [-0.4, -0.2) is 14.7 Å². The summed E-state index contributed by atoms with van der Waals surface area (Å²) in [7, 11) is -4.98. The Morgan fingerprint density at radius 1 is 1.35 bits per heavy atom. The smallest absolute Gasteiger partial charge is 0.403 e. The molecular formula is C6H5INO8P. The second-order valence-corrected chi connectivity index (χ2v) is 6.24. The number of benzene rings is 1. The van der Waals surface area contributed by atoms with E-state index in [2.05, 4.69) is 4.52 Å². The molecule has 0 radical (unpaired) electrons. The summed E-state index contributed by atoms with van der Waals surface area (Å²) in [6, 6.07) is 2.42. The minimum atomic E-state index is -4.98. The molecule has 2 N–H and O–H groups in total. The monoisotopic (exact) mass is 377 g/mol. The number of non-ortho nitro benzene ring substituents is 1. The molecule has 0 saturated carbocycles. The molecule has 0 amide bonds. The summed E-state index contributed by atoms with van der Waals surface area (Å²) >= 11 is -4.07. The van der Waals surface area contributed by atoms with E-state index in [4.69, 9.17) is 9.79 Å². The molecule has 1 rings (SSSR count). The van der Waals surface area contributed by atoms with Crippen molar-refractivity contribution in [2.24, 2.45) is 0 Å². The average molecular weight is 377 g/mol. The van der Waals surface area contributed by atoms with Crippen LogP contribution in [0.25, 0.3) is 0 Å². The normalized spacial score (nSPS) is 11.5. The summed E-state index contributed by atoms with van der Waals surface area (Å²) in [5, 5.41) is 10.4. The predicted molar refractivity (Wildman–Crippen MR) is 59.9 cm³/mol. The maximum absolute atomic E-state index is 10.8. The molecular weight excluding hydrogens is 372 g/mol. The van der Waals surface area contributed by atoms with Gasteiger partial charge in [0, 0.05) is 6.07 Å². The standard InChI is InChI=1S/C6H5INO8P/c9-7(10)5-2-1-4(8(11)12)3-6(5)16-17(13,14)15/h1-3H,(H2,13,14,15). The van der Waals surface area contributed by atoms with Gasteiger partial charge in [-0.3, -0.25) is 19.9 Å². The Balaban J connectivity index is 3.35. The van der Waals surface area contributed by atoms with Crippen LogP contribution in [-0.2, 0) is 10.7 Å². The first-order chi connectivity index (χ1) is 7.70. The summed E-state index contributed by atoms with van der Waals surface area (Å²) in [5.41, 5.74) is -0.532. The van der Waals surface area contributed by atoms with E-state index < -0.39 is 47.5 Å². The van der Waals surface area contributed by atoms with Crippen molar-refractivity contribution >= 4 is 33.3 Å². The second-order valence-electron chi connectivity index (χ2n) is 2.67. The van der Waals surface area contributed by atoms with E-state index in [1.807, 2.05) is 0 Å². The lowest BCUT2D eigenvalue weighted by Gasteiger charge is -2.07. The quantitative estimate of drug-likeness (QED) is 0.347. The molecule has 0 unspecified atom stereocenters. The van der Waals surface area contributed by atoms with Gasteiger partial charge in [-0.05, 0) is 6.07 Å². The van der Waals surface area contributed by atoms with Crippen LogP contribution >= 0.6 is 27.6 Å². The molecule has 0 fully saturated rings. The Hall–Kier alpha value is -1.10. The van der Waals surface area contributed by atoms with Crippen LogP contribution in [0.3, 0.4) is 0 Å². The van der Waals surface area contributed by atoms with Gasteiger partial charge in [0.2, 0.25) is 0 Å². The number of nitro benzene ring substituents is 1. The summed E-state index contributed by atoms with van der Waals surface area (Å²) in [6.45, 7) is 0. The molecule has 0 aliphatic heterocycles. The van der Waals surface area contributed by atoms with E-state index >= 15 is 0 Å². The largest absolute Gasteiger partial charge is 0.524 e. The van der Waals surface area contributed by atoms with Crippen LogP contribution in [0, 0.1) is 13.7 Å². The topological polar surface area (TPSA) is 144 Å². The van der Waals surface area contributed by atoms with Crippen molar-refractivity contribution in [2.75, 3.05) is 0 Å². The zero-order valence-corrected chi connectivity index (χ0v) is 10.9. The number of phosphoric acid groups is 1. The lowest BCUT2D eigenvalue weighted by Crippen LogP contribution is -1.95. The van der Waals surface area contributed by atoms with Crippen molar-refractivity contribution < 1.29 is 29.9 Å². The van der Waals surface area contributed by atoms with Crippen LogP contribution < -0.4 is 4.52 Å². The van der Waals surface area contributed by atoms with Crippen molar-refractivity contribution in [1.82, 2.24) is 0 Å². The lowest BCUT2D eigenvalue weighted by atomic mass is 10.3. The molecule has 17 heavy (non-hydrogen) atoms. The van der Waals surface area contributed by atoms with Crippen LogP contribution in [0.4, 0.5) is 5.69 Å². The fourth-order valence-corrected chi connectivity index (χ4v) is 2.69. The highest BCUT2D eigenvalue weighted by Crippen LogP contribution is 2.42. The van der Waals surface area contributed by atoms with E-state index in [1.54, 1.807) is 0 Å². The maximum atomic E-state index is 10.8. The summed E-state index contributed by atoms with van der Waals surface area (Å²) < 4.78 is 35.8. The first kappa shape index (κ1) is 14.0. The molecule has 0 aromatic heterocycles. The van der Waals surface area contributed by atoms with Crippen molar-refractivity contribution in [3.8, 4) is 5.75 Å². The van der Waals surface area contributed by atoms with Gasteiger partial charge in [0.25, 0.3) is 5.69 Å². The number of hydrogen-bond donors (Lipinski definition) is 2. The minimum Gasteiger partial charge on any atom is -0.403 e. The highest BCUT2D eigenvalue weighted by Gasteiger charge is 2.22. The molecule has 0 heterocycles. The van der Waals surface area contributed by atoms with Gasteiger partial charge >= 0.3 is 27.6 Å². The zero-order valence-electron chi connectivity index (χ0n) is 7.85. The van der Waals surface area contributed by atoms with Crippen LogP contribution in [0.15, 0.2) is 18.2 Å². The fourth-order valence-electron chi connectivity index (χ4n) is 0.931. The second kappa shape index (κ2) is 5.04. The molecule has 0 aliphatic carbocycles. The number of phosphoric ester groups is 1. The average Bonchev–Trinajstić information content (AvgIpc) is 2.14. The Morgan fingerprint density at radius 3 is 2.35 bits per heavy atom. The Kier molecular flexibility index (Phi) is 4.14. The van der Waals surface area contributed by atoms with E-state index in [-0.39, 0.29) is 0 Å². The zero-order chi connectivity index (χ0) is 13.2. The summed E-state index contributed by atoms with van der Waals surface area (Å²) in [4.78, 5) is 26.6. The van der Waals surface area contributed by atoms with E-state index in [1.165, 1.54) is 0 Å². The highest BCUT2D eigenvalue weighted by atomic mass is 127. The first-order valence-corrected chi connectivity index (χ1v) is 8.16. The molecule has 0 saturated heterocycles. The number of nitro groups is 1. The minimum absolute atomic E-state index is 0.455. The molecule has 11 heteroatoms. The molecule has 9 nitrogen and oxygen atoms in total. The third kappa shape index (κ3) is 4.00. The van der Waals surface area contributed by atoms with Gasteiger partial charge in [-0.2, -0.15) is 0 Å². The van der Waals surface area contributed by atoms with Crippen LogP contribution in [0.1, 0.15) is 0 Å². The third-order valence-electron chi connectivity index (χ3n) is 1.51. The summed E-state index contributed by atoms with van der Waals surface area (Å²) in [5.74, 6) is -0.720. The molecule has 0 bridgehead atoms. The molecule has 1 aromatic rings. The van der Waals surface area contributed by atoms with Crippen molar-refractivity contribution in [3.05, 3.63) is 31.9 Å². The Bertz CT molecular complexity index is 567. The molecule has 0 spiro atoms. The van der Waals surface area contributed by atoms with Crippen LogP contribution in [0.2, 0.25) is 0 Å². The molecule has 1 aromatic carbocycles. The maximum Gasteiger partial charge on any atom is 0.524 e. The molecule has 0 atom stereocenters. The van der Waals surface area contributed by atoms with Gasteiger partial charge in [-0.15, -0.1) is 0 Å². The van der Waals surface area contributed by atoms with Crippen LogP contribution in [0.5, 0.6) is 5.75 Å². The van der Waals surface area contributed by atoms with Gasteiger partial charge in [0.1, 0.15) is 3.57 Å². The number of nitrogens with zero attached hydrogens (tertiary/aromatic N) is 1. The molecule has 0 aliphatic rings. The predicted octanol–water partition coefficient (Wildman–Crippen LogP) is 1.43. The Labute approximate surface area is 101 Å². The van der Waals surface area contributed by atoms with Gasteiger partial charge in [-0.25, -0.2) is 10.7 Å². The third-order valence-corrected chi connectivity index (χ3v) is 3.78. The number of hydrogen-bond acceptors (Lipinski definition) is 6. The van der Waals surface area contributed by atoms with Gasteiger partial charge in [0.05, 0.1) is 11.0 Å². The van der Waals surface area contributed by atoms with Gasteiger partial charge in [0.15, 0.2) is 5.75 Å². The van der Waals surface area contributed by atoms with Gasteiger partial charge < -0.3 is 4.52 Å². The van der Waals surface area contributed by atoms with Crippen molar-refractivity contribution in [3.63, 3.8) is 0 Å². The summed E-state index contributed by atoms with van der Waals surface area (Å²) in [6.07, 6.45) is 0. The number of halogens is 1. The fraction of sp³-hybridized carbons (Fsp3) is 0. The van der Waals surface area contributed by atoms with Crippen molar-refractivity contribution in [2.45, 2.75) is 0 Å². The first-order valence-electron chi connectivity index (χ1n) is 3.79. The van der Waals surface area contributed by atoms with Crippen molar-refractivity contribution in [1.29, 1.82) is 0 Å². The van der Waals surface area contributed by atoms with E-state index in [0.717, 1.165) is 12.1 Å². The highest BCUT2D eigenvalue weighted by molar-refractivity contribution is 14.2. The lowest BCUT2D eigenvalue weighted by molar-refractivity contribution is -0.384. The van der Waals surface area contributed by atoms with E-state index in [0.29, 0.717) is 6.07 Å². The van der Waals surface area contributed by atoms with E-state index in [9.17, 15) is 20.8 Å². The molecule has 94 valence electrons. The SMILES string of the molecule is O=[N+]([O-])c1ccc(I(=O)=O)c(OP(=O)(O)O)c1. The number of rotatable bonds is 4. The Morgan fingerprint density at radius 2 is 1.94 bits per heavy atom. The van der Waals surface area contributed by atoms with Gasteiger partial charge in [-0.1, -0.05) is 0 Å².